The van der Waals surface area contributed by atoms with Crippen LogP contribution in [0, 0.1) is 6.92 Å². The first-order valence-corrected chi connectivity index (χ1v) is 6.51. The van der Waals surface area contributed by atoms with Crippen LogP contribution in [0.15, 0.2) is 17.6 Å². The first-order valence-electron chi connectivity index (χ1n) is 5.10. The molecule has 2 rings (SSSR count). The third kappa shape index (κ3) is 2.77. The molecule has 84 valence electrons. The lowest BCUT2D eigenvalue weighted by Crippen LogP contribution is -1.90. The van der Waals surface area contributed by atoms with Gasteiger partial charge in [0, 0.05) is 17.5 Å². The zero-order valence-electron chi connectivity index (χ0n) is 8.98. The summed E-state index contributed by atoms with van der Waals surface area (Å²) in [6.45, 7) is 1.88. The van der Waals surface area contributed by atoms with Crippen molar-refractivity contribution < 1.29 is 0 Å². The predicted molar refractivity (Wildman–Crippen MR) is 66.9 cm³/mol. The Morgan fingerprint density at radius 2 is 2.25 bits per heavy atom. The van der Waals surface area contributed by atoms with Gasteiger partial charge in [-0.3, -0.25) is 0 Å². The maximum Gasteiger partial charge on any atom is 0.142 e. The van der Waals surface area contributed by atoms with Crippen LogP contribution in [0.5, 0.6) is 0 Å². The van der Waals surface area contributed by atoms with Crippen LogP contribution in [0.4, 0.5) is 0 Å². The van der Waals surface area contributed by atoms with Gasteiger partial charge in [0.25, 0.3) is 0 Å². The average Bonchev–Trinajstić information content (AvgIpc) is 2.75. The minimum Gasteiger partial charge on any atom is -0.242 e. The van der Waals surface area contributed by atoms with Crippen LogP contribution in [-0.2, 0) is 6.42 Å². The second kappa shape index (κ2) is 5.37. The maximum atomic E-state index is 5.65. The van der Waals surface area contributed by atoms with E-state index in [1.165, 1.54) is 0 Å². The summed E-state index contributed by atoms with van der Waals surface area (Å²) in [5.74, 6) is 1.45. The van der Waals surface area contributed by atoms with E-state index < -0.39 is 0 Å². The van der Waals surface area contributed by atoms with Gasteiger partial charge < -0.3 is 0 Å². The molecule has 0 saturated heterocycles. The molecule has 0 unspecified atom stereocenters. The maximum absolute atomic E-state index is 5.65. The SMILES string of the molecule is Cc1nccc(-c2nc(CCCCl)cs2)n1. The van der Waals surface area contributed by atoms with Gasteiger partial charge >= 0.3 is 0 Å². The molecule has 0 saturated carbocycles. The van der Waals surface area contributed by atoms with Crippen molar-refractivity contribution in [2.75, 3.05) is 5.88 Å². The van der Waals surface area contributed by atoms with Gasteiger partial charge in [0.1, 0.15) is 16.5 Å². The van der Waals surface area contributed by atoms with Crippen molar-refractivity contribution in [2.24, 2.45) is 0 Å². The van der Waals surface area contributed by atoms with E-state index >= 15 is 0 Å². The minimum absolute atomic E-state index is 0.680. The lowest BCUT2D eigenvalue weighted by Gasteiger charge is -1.96. The van der Waals surface area contributed by atoms with E-state index in [0.29, 0.717) is 5.88 Å². The third-order valence-electron chi connectivity index (χ3n) is 2.11. The predicted octanol–water partition coefficient (Wildman–Crippen LogP) is 3.08. The standard InChI is InChI=1S/C11H12ClN3S/c1-8-13-6-4-10(14-8)11-15-9(7-16-11)3-2-5-12/h4,6-7H,2-3,5H2,1H3. The fourth-order valence-electron chi connectivity index (χ4n) is 1.36. The van der Waals surface area contributed by atoms with E-state index in [-0.39, 0.29) is 0 Å². The molecule has 0 aromatic carbocycles. The molecule has 2 heterocycles. The molecule has 2 aromatic heterocycles. The Morgan fingerprint density at radius 3 is 3.00 bits per heavy atom. The summed E-state index contributed by atoms with van der Waals surface area (Å²) >= 11 is 7.27. The van der Waals surface area contributed by atoms with Crippen LogP contribution in [0.25, 0.3) is 10.7 Å². The summed E-state index contributed by atoms with van der Waals surface area (Å²) < 4.78 is 0. The number of hydrogen-bond acceptors (Lipinski definition) is 4. The summed E-state index contributed by atoms with van der Waals surface area (Å²) in [7, 11) is 0. The molecule has 0 amide bonds. The molecule has 0 aliphatic carbocycles. The molecule has 0 spiro atoms. The van der Waals surface area contributed by atoms with Gasteiger partial charge in [-0.05, 0) is 25.8 Å². The zero-order valence-corrected chi connectivity index (χ0v) is 10.6. The van der Waals surface area contributed by atoms with Crippen LogP contribution >= 0.6 is 22.9 Å². The summed E-state index contributed by atoms with van der Waals surface area (Å²) in [4.78, 5) is 12.9. The van der Waals surface area contributed by atoms with Gasteiger partial charge in [-0.2, -0.15) is 0 Å². The molecule has 0 aliphatic heterocycles. The number of halogens is 1. The van der Waals surface area contributed by atoms with Crippen LogP contribution in [0.1, 0.15) is 17.9 Å². The van der Waals surface area contributed by atoms with Gasteiger partial charge in [-0.15, -0.1) is 22.9 Å². The normalized spacial score (nSPS) is 10.6. The second-order valence-electron chi connectivity index (χ2n) is 3.43. The zero-order chi connectivity index (χ0) is 11.4. The number of hydrogen-bond donors (Lipinski definition) is 0. The van der Waals surface area contributed by atoms with E-state index in [0.717, 1.165) is 35.1 Å². The Bertz CT molecular complexity index is 470. The van der Waals surface area contributed by atoms with Crippen molar-refractivity contribution in [1.82, 2.24) is 15.0 Å². The lowest BCUT2D eigenvalue weighted by molar-refractivity contribution is 0.898. The van der Waals surface area contributed by atoms with E-state index in [9.17, 15) is 0 Å². The first kappa shape index (κ1) is 11.5. The van der Waals surface area contributed by atoms with Crippen molar-refractivity contribution in [3.8, 4) is 10.7 Å². The fourth-order valence-corrected chi connectivity index (χ4v) is 2.32. The van der Waals surface area contributed by atoms with E-state index in [2.05, 4.69) is 20.3 Å². The van der Waals surface area contributed by atoms with Gasteiger partial charge in [0.05, 0.1) is 5.69 Å². The molecule has 0 bridgehead atoms. The molecule has 0 N–H and O–H groups in total. The summed E-state index contributed by atoms with van der Waals surface area (Å²) in [6, 6.07) is 1.89. The van der Waals surface area contributed by atoms with Crippen molar-refractivity contribution >= 4 is 22.9 Å². The molecule has 16 heavy (non-hydrogen) atoms. The monoisotopic (exact) mass is 253 g/mol. The number of nitrogens with zero attached hydrogens (tertiary/aromatic N) is 3. The highest BCUT2D eigenvalue weighted by atomic mass is 35.5. The number of aryl methyl sites for hydroxylation is 2. The Morgan fingerprint density at radius 1 is 1.38 bits per heavy atom. The van der Waals surface area contributed by atoms with E-state index in [1.54, 1.807) is 17.5 Å². The first-order chi connectivity index (χ1) is 7.79. The molecule has 0 fully saturated rings. The van der Waals surface area contributed by atoms with E-state index in [4.69, 9.17) is 11.6 Å². The highest BCUT2D eigenvalue weighted by Gasteiger charge is 2.06. The topological polar surface area (TPSA) is 38.7 Å². The van der Waals surface area contributed by atoms with Crippen LogP contribution in [0.2, 0.25) is 0 Å². The lowest BCUT2D eigenvalue weighted by atomic mass is 10.3. The summed E-state index contributed by atoms with van der Waals surface area (Å²) in [6.07, 6.45) is 3.66. The van der Waals surface area contributed by atoms with Gasteiger partial charge in [-0.25, -0.2) is 15.0 Å². The van der Waals surface area contributed by atoms with Crippen LogP contribution < -0.4 is 0 Å². The van der Waals surface area contributed by atoms with Crippen molar-refractivity contribution in [1.29, 1.82) is 0 Å². The molecule has 0 aliphatic rings. The van der Waals surface area contributed by atoms with Crippen molar-refractivity contribution in [3.63, 3.8) is 0 Å². The van der Waals surface area contributed by atoms with Gasteiger partial charge in [-0.1, -0.05) is 0 Å². The van der Waals surface area contributed by atoms with Crippen molar-refractivity contribution in [2.45, 2.75) is 19.8 Å². The quantitative estimate of drug-likeness (QED) is 0.786. The molecule has 0 radical (unpaired) electrons. The molecule has 5 heteroatoms. The van der Waals surface area contributed by atoms with E-state index in [1.807, 2.05) is 13.0 Å². The number of aromatic nitrogens is 3. The van der Waals surface area contributed by atoms with Crippen LogP contribution in [-0.4, -0.2) is 20.8 Å². The Labute approximate surface area is 104 Å². The Balaban J connectivity index is 2.18. The van der Waals surface area contributed by atoms with Gasteiger partial charge in [0.2, 0.25) is 0 Å². The average molecular weight is 254 g/mol. The summed E-state index contributed by atoms with van der Waals surface area (Å²) in [5, 5.41) is 3.02. The molecule has 3 nitrogen and oxygen atoms in total. The number of rotatable bonds is 4. The Hall–Kier alpha value is -1.00. The third-order valence-corrected chi connectivity index (χ3v) is 3.29. The highest BCUT2D eigenvalue weighted by Crippen LogP contribution is 2.22. The molecule has 0 atom stereocenters. The highest BCUT2D eigenvalue weighted by molar-refractivity contribution is 7.13. The molecular formula is C11H12ClN3S. The number of alkyl halides is 1. The second-order valence-corrected chi connectivity index (χ2v) is 4.66. The smallest absolute Gasteiger partial charge is 0.142 e. The van der Waals surface area contributed by atoms with Crippen LogP contribution in [0.3, 0.4) is 0 Å². The summed E-state index contributed by atoms with van der Waals surface area (Å²) in [5.41, 5.74) is 1.99. The largest absolute Gasteiger partial charge is 0.242 e. The minimum atomic E-state index is 0.680. The molecule has 2 aromatic rings. The van der Waals surface area contributed by atoms with Crippen molar-refractivity contribution in [3.05, 3.63) is 29.2 Å². The Kier molecular flexibility index (Phi) is 3.85. The molecular weight excluding hydrogens is 242 g/mol. The number of thiazole rings is 1. The van der Waals surface area contributed by atoms with Gasteiger partial charge in [0.15, 0.2) is 0 Å². The fraction of sp³-hybridized carbons (Fsp3) is 0.364.